The molecule has 1 aromatic rings. The van der Waals surface area contributed by atoms with Crippen LogP contribution in [0.4, 0.5) is 5.13 Å². The number of esters is 1. The quantitative estimate of drug-likeness (QED) is 0.615. The first-order chi connectivity index (χ1) is 9.11. The zero-order valence-corrected chi connectivity index (χ0v) is 11.9. The number of carbonyl (C=O) groups excluding carboxylic acids is 2. The maximum Gasteiger partial charge on any atom is 0.351 e. The average molecular weight is 304 g/mol. The van der Waals surface area contributed by atoms with E-state index in [9.17, 15) is 9.59 Å². The summed E-state index contributed by atoms with van der Waals surface area (Å²) in [6.07, 6.45) is 1.98. The van der Waals surface area contributed by atoms with Crippen LogP contribution in [0.1, 0.15) is 22.5 Å². The van der Waals surface area contributed by atoms with Gasteiger partial charge in [0.2, 0.25) is 5.91 Å². The second kappa shape index (κ2) is 6.21. The molecule has 0 radical (unpaired) electrons. The van der Waals surface area contributed by atoms with E-state index in [2.05, 4.69) is 20.4 Å². The molecule has 0 aromatic carbocycles. The van der Waals surface area contributed by atoms with E-state index in [1.165, 1.54) is 7.11 Å². The smallest absolute Gasteiger partial charge is 0.351 e. The number of rotatable bonds is 6. The van der Waals surface area contributed by atoms with E-state index in [4.69, 9.17) is 11.6 Å². The lowest BCUT2D eigenvalue weighted by atomic mass is 10.4. The molecule has 0 unspecified atom stereocenters. The summed E-state index contributed by atoms with van der Waals surface area (Å²) >= 11 is 6.95. The minimum Gasteiger partial charge on any atom is -0.465 e. The summed E-state index contributed by atoms with van der Waals surface area (Å²) in [5.41, 5.74) is 0. The molecule has 19 heavy (non-hydrogen) atoms. The van der Waals surface area contributed by atoms with Crippen molar-refractivity contribution >= 4 is 39.9 Å². The Labute approximate surface area is 119 Å². The second-order valence-electron chi connectivity index (χ2n) is 4.12. The molecule has 1 saturated carbocycles. The van der Waals surface area contributed by atoms with Crippen LogP contribution < -0.4 is 10.6 Å². The van der Waals surface area contributed by atoms with Gasteiger partial charge in [-0.1, -0.05) is 22.9 Å². The highest BCUT2D eigenvalue weighted by molar-refractivity contribution is 7.18. The number of hydrogen-bond acceptors (Lipinski definition) is 6. The van der Waals surface area contributed by atoms with Crippen molar-refractivity contribution in [2.75, 3.05) is 25.5 Å². The number of aromatic nitrogens is 1. The molecular formula is C11H14ClN3O3S. The van der Waals surface area contributed by atoms with Gasteiger partial charge in [-0.3, -0.25) is 4.79 Å². The molecule has 1 fully saturated rings. The van der Waals surface area contributed by atoms with Crippen LogP contribution in [0.5, 0.6) is 0 Å². The minimum atomic E-state index is -0.502. The van der Waals surface area contributed by atoms with Gasteiger partial charge in [-0.25, -0.2) is 9.78 Å². The van der Waals surface area contributed by atoms with E-state index in [1.807, 2.05) is 0 Å². The summed E-state index contributed by atoms with van der Waals surface area (Å²) in [7, 11) is 1.29. The first-order valence-electron chi connectivity index (χ1n) is 5.88. The third kappa shape index (κ3) is 3.81. The van der Waals surface area contributed by atoms with Gasteiger partial charge in [-0.2, -0.15) is 0 Å². The third-order valence-corrected chi connectivity index (χ3v) is 3.98. The maximum atomic E-state index is 11.4. The molecular weight excluding hydrogens is 290 g/mol. The number of nitrogens with zero attached hydrogens (tertiary/aromatic N) is 1. The SMILES string of the molecule is COC(=O)c1sc(NCCNC(=O)C2CC2)nc1Cl. The molecule has 2 rings (SSSR count). The summed E-state index contributed by atoms with van der Waals surface area (Å²) in [5, 5.41) is 6.48. The fourth-order valence-corrected chi connectivity index (χ4v) is 2.57. The fourth-order valence-electron chi connectivity index (χ4n) is 1.44. The first kappa shape index (κ1) is 14.1. The van der Waals surface area contributed by atoms with Crippen molar-refractivity contribution in [1.82, 2.24) is 10.3 Å². The number of nitrogens with one attached hydrogen (secondary N) is 2. The standard InChI is InChI=1S/C11H14ClN3O3S/c1-18-10(17)7-8(12)15-11(19-7)14-5-4-13-9(16)6-2-3-6/h6H,2-5H2,1H3,(H,13,16)(H,14,15). The highest BCUT2D eigenvalue weighted by Gasteiger charge is 2.29. The Balaban J connectivity index is 1.76. The van der Waals surface area contributed by atoms with Crippen LogP contribution in [-0.4, -0.2) is 37.1 Å². The van der Waals surface area contributed by atoms with E-state index in [-0.39, 0.29) is 21.9 Å². The molecule has 0 spiro atoms. The Kier molecular flexibility index (Phi) is 4.60. The van der Waals surface area contributed by atoms with Gasteiger partial charge in [0.25, 0.3) is 0 Å². The second-order valence-corrected chi connectivity index (χ2v) is 5.48. The number of halogens is 1. The molecule has 1 aromatic heterocycles. The number of methoxy groups -OCH3 is 1. The molecule has 0 aliphatic heterocycles. The van der Waals surface area contributed by atoms with Gasteiger partial charge >= 0.3 is 5.97 Å². The number of carbonyl (C=O) groups is 2. The summed E-state index contributed by atoms with van der Waals surface area (Å²) in [6.45, 7) is 1.04. The first-order valence-corrected chi connectivity index (χ1v) is 7.07. The van der Waals surface area contributed by atoms with Gasteiger partial charge in [0.05, 0.1) is 7.11 Å². The Morgan fingerprint density at radius 1 is 1.47 bits per heavy atom. The topological polar surface area (TPSA) is 80.3 Å². The van der Waals surface area contributed by atoms with Crippen molar-refractivity contribution in [3.63, 3.8) is 0 Å². The Bertz CT molecular complexity index is 488. The van der Waals surface area contributed by atoms with Crippen molar-refractivity contribution in [2.45, 2.75) is 12.8 Å². The van der Waals surface area contributed by atoms with Gasteiger partial charge in [-0.05, 0) is 12.8 Å². The van der Waals surface area contributed by atoms with Crippen LogP contribution in [0, 0.1) is 5.92 Å². The highest BCUT2D eigenvalue weighted by Crippen LogP contribution is 2.29. The van der Waals surface area contributed by atoms with Crippen molar-refractivity contribution in [1.29, 1.82) is 0 Å². The van der Waals surface area contributed by atoms with E-state index in [0.29, 0.717) is 18.2 Å². The largest absolute Gasteiger partial charge is 0.465 e. The van der Waals surface area contributed by atoms with E-state index >= 15 is 0 Å². The van der Waals surface area contributed by atoms with Crippen LogP contribution in [0.2, 0.25) is 5.15 Å². The van der Waals surface area contributed by atoms with Crippen molar-refractivity contribution in [3.8, 4) is 0 Å². The number of thiazole rings is 1. The van der Waals surface area contributed by atoms with Gasteiger partial charge in [0.1, 0.15) is 0 Å². The van der Waals surface area contributed by atoms with Crippen molar-refractivity contribution < 1.29 is 14.3 Å². The van der Waals surface area contributed by atoms with E-state index in [0.717, 1.165) is 24.2 Å². The molecule has 1 aliphatic rings. The lowest BCUT2D eigenvalue weighted by Gasteiger charge is -2.04. The third-order valence-electron chi connectivity index (χ3n) is 2.61. The average Bonchev–Trinajstić information content (AvgIpc) is 3.18. The zero-order valence-electron chi connectivity index (χ0n) is 10.4. The maximum absolute atomic E-state index is 11.4. The highest BCUT2D eigenvalue weighted by atomic mass is 35.5. The molecule has 104 valence electrons. The molecule has 1 aliphatic carbocycles. The van der Waals surface area contributed by atoms with E-state index in [1.54, 1.807) is 0 Å². The monoisotopic (exact) mass is 303 g/mol. The molecule has 1 amide bonds. The van der Waals surface area contributed by atoms with Crippen molar-refractivity contribution in [2.24, 2.45) is 5.92 Å². The summed E-state index contributed by atoms with van der Waals surface area (Å²) in [4.78, 5) is 27.0. The summed E-state index contributed by atoms with van der Waals surface area (Å²) < 4.78 is 4.58. The van der Waals surface area contributed by atoms with Crippen molar-refractivity contribution in [3.05, 3.63) is 10.0 Å². The summed E-state index contributed by atoms with van der Waals surface area (Å²) in [5.74, 6) is -0.188. The number of anilines is 1. The predicted octanol–water partition coefficient (Wildman–Crippen LogP) is 1.52. The summed E-state index contributed by atoms with van der Waals surface area (Å²) in [6, 6.07) is 0. The minimum absolute atomic E-state index is 0.106. The fraction of sp³-hybridized carbons (Fsp3) is 0.545. The van der Waals surface area contributed by atoms with E-state index < -0.39 is 5.97 Å². The van der Waals surface area contributed by atoms with Gasteiger partial charge in [0.15, 0.2) is 15.2 Å². The van der Waals surface area contributed by atoms with Gasteiger partial charge in [0, 0.05) is 19.0 Å². The van der Waals surface area contributed by atoms with Gasteiger partial charge in [-0.15, -0.1) is 0 Å². The molecule has 0 saturated heterocycles. The molecule has 0 atom stereocenters. The van der Waals surface area contributed by atoms with Crippen LogP contribution in [-0.2, 0) is 9.53 Å². The van der Waals surface area contributed by atoms with Crippen LogP contribution in [0.15, 0.2) is 0 Å². The predicted molar refractivity (Wildman–Crippen MR) is 72.7 cm³/mol. The zero-order chi connectivity index (χ0) is 13.8. The molecule has 1 heterocycles. The number of amides is 1. The number of hydrogen-bond donors (Lipinski definition) is 2. The molecule has 6 nitrogen and oxygen atoms in total. The van der Waals surface area contributed by atoms with Gasteiger partial charge < -0.3 is 15.4 Å². The molecule has 8 heteroatoms. The molecule has 0 bridgehead atoms. The Morgan fingerprint density at radius 3 is 2.84 bits per heavy atom. The normalized spacial score (nSPS) is 14.0. The lowest BCUT2D eigenvalue weighted by molar-refractivity contribution is -0.122. The lowest BCUT2D eigenvalue weighted by Crippen LogP contribution is -2.29. The van der Waals surface area contributed by atoms with Crippen LogP contribution >= 0.6 is 22.9 Å². The van der Waals surface area contributed by atoms with Crippen LogP contribution in [0.3, 0.4) is 0 Å². The van der Waals surface area contributed by atoms with Crippen LogP contribution in [0.25, 0.3) is 0 Å². The Morgan fingerprint density at radius 2 is 2.21 bits per heavy atom. The molecule has 2 N–H and O–H groups in total. The Hall–Kier alpha value is -1.34. The number of ether oxygens (including phenoxy) is 1.